The van der Waals surface area contributed by atoms with Gasteiger partial charge in [-0.25, -0.2) is 14.4 Å². The van der Waals surface area contributed by atoms with E-state index in [1.54, 1.807) is 36.4 Å². The maximum absolute atomic E-state index is 14.6. The van der Waals surface area contributed by atoms with Gasteiger partial charge in [-0.1, -0.05) is 46.1 Å². The second-order valence-electron chi connectivity index (χ2n) is 6.74. The first-order valence-corrected chi connectivity index (χ1v) is 9.95. The highest BCUT2D eigenvalue weighted by molar-refractivity contribution is 6.36. The summed E-state index contributed by atoms with van der Waals surface area (Å²) < 4.78 is 20.0. The van der Waals surface area contributed by atoms with Crippen molar-refractivity contribution in [1.82, 2.24) is 15.1 Å². The number of nitrogens with one attached hydrogen (secondary N) is 1. The van der Waals surface area contributed by atoms with Gasteiger partial charge in [0.25, 0.3) is 0 Å². The molecule has 0 saturated heterocycles. The minimum atomic E-state index is -0.477. The Hall–Kier alpha value is -3.29. The number of nitrogens with zero attached hydrogens (tertiary/aromatic N) is 3. The number of anilines is 1. The molecule has 0 unspecified atom stereocenters. The monoisotopic (exact) mass is 456 g/mol. The van der Waals surface area contributed by atoms with Gasteiger partial charge < -0.3 is 4.52 Å². The molecule has 156 valence electrons. The van der Waals surface area contributed by atoms with Crippen LogP contribution in [0.5, 0.6) is 0 Å². The summed E-state index contributed by atoms with van der Waals surface area (Å²) in [4.78, 5) is 20.8. The first kappa shape index (κ1) is 21.0. The average molecular weight is 457 g/mol. The molecule has 2 aromatic carbocycles. The standard InChI is InChI=1S/C22H15Cl2FN4O2/c1-12-5-6-17(25)14(9-12)21-20(18-7-8-26-11-27-18)22(31-29-21)28-19(30)10-13-15(23)3-2-4-16(13)24/h2-9,11H,10H2,1H3,(H,28,30). The van der Waals surface area contributed by atoms with E-state index in [0.717, 1.165) is 5.56 Å². The molecule has 0 aliphatic heterocycles. The van der Waals surface area contributed by atoms with Crippen molar-refractivity contribution in [3.63, 3.8) is 0 Å². The van der Waals surface area contributed by atoms with Crippen molar-refractivity contribution in [3.8, 4) is 22.5 Å². The average Bonchev–Trinajstić information content (AvgIpc) is 3.16. The fourth-order valence-electron chi connectivity index (χ4n) is 3.09. The maximum atomic E-state index is 14.6. The molecule has 0 aliphatic rings. The summed E-state index contributed by atoms with van der Waals surface area (Å²) in [6.07, 6.45) is 2.78. The number of hydrogen-bond acceptors (Lipinski definition) is 5. The summed E-state index contributed by atoms with van der Waals surface area (Å²) in [5.74, 6) is -0.879. The third kappa shape index (κ3) is 4.42. The van der Waals surface area contributed by atoms with Crippen molar-refractivity contribution in [1.29, 1.82) is 0 Å². The van der Waals surface area contributed by atoms with Gasteiger partial charge in [0.15, 0.2) is 0 Å². The number of aromatic nitrogens is 3. The first-order valence-electron chi connectivity index (χ1n) is 9.19. The van der Waals surface area contributed by atoms with Crippen molar-refractivity contribution in [3.05, 3.63) is 82.0 Å². The number of rotatable bonds is 5. The Morgan fingerprint density at radius 1 is 1.16 bits per heavy atom. The van der Waals surface area contributed by atoms with Crippen LogP contribution in [-0.4, -0.2) is 21.0 Å². The largest absolute Gasteiger partial charge is 0.337 e. The van der Waals surface area contributed by atoms with Crippen LogP contribution in [0, 0.1) is 12.7 Å². The summed E-state index contributed by atoms with van der Waals surface area (Å²) in [5, 5.41) is 7.43. The third-order valence-electron chi connectivity index (χ3n) is 4.56. The number of benzene rings is 2. The van der Waals surface area contributed by atoms with Crippen LogP contribution in [0.2, 0.25) is 10.0 Å². The predicted octanol–water partition coefficient (Wildman–Crippen LogP) is 5.73. The van der Waals surface area contributed by atoms with Crippen LogP contribution in [-0.2, 0) is 11.2 Å². The molecular weight excluding hydrogens is 442 g/mol. The van der Waals surface area contributed by atoms with Crippen LogP contribution >= 0.6 is 23.2 Å². The van der Waals surface area contributed by atoms with Crippen LogP contribution in [0.3, 0.4) is 0 Å². The SMILES string of the molecule is Cc1ccc(F)c(-c2noc(NC(=O)Cc3c(Cl)cccc3Cl)c2-c2ccncn2)c1. The lowest BCUT2D eigenvalue weighted by molar-refractivity contribution is -0.115. The number of carbonyl (C=O) groups excluding carboxylic acids is 1. The Kier molecular flexibility index (Phi) is 5.97. The number of aryl methyl sites for hydroxylation is 1. The van der Waals surface area contributed by atoms with Gasteiger partial charge in [-0.2, -0.15) is 0 Å². The molecule has 1 amide bonds. The molecule has 4 rings (SSSR count). The van der Waals surface area contributed by atoms with E-state index < -0.39 is 11.7 Å². The lowest BCUT2D eigenvalue weighted by Gasteiger charge is -2.08. The van der Waals surface area contributed by atoms with Crippen LogP contribution < -0.4 is 5.32 Å². The van der Waals surface area contributed by atoms with Crippen LogP contribution in [0.25, 0.3) is 22.5 Å². The van der Waals surface area contributed by atoms with Crippen LogP contribution in [0.1, 0.15) is 11.1 Å². The van der Waals surface area contributed by atoms with Gasteiger partial charge in [0.1, 0.15) is 17.8 Å². The van der Waals surface area contributed by atoms with Gasteiger partial charge in [0, 0.05) is 21.8 Å². The molecule has 0 saturated carbocycles. The Balaban J connectivity index is 1.74. The summed E-state index contributed by atoms with van der Waals surface area (Å²) >= 11 is 12.3. The lowest BCUT2D eigenvalue weighted by Crippen LogP contribution is -2.15. The van der Waals surface area contributed by atoms with Crippen molar-refractivity contribution in [2.45, 2.75) is 13.3 Å². The minimum Gasteiger partial charge on any atom is -0.337 e. The van der Waals surface area contributed by atoms with Crippen LogP contribution in [0.15, 0.2) is 59.5 Å². The highest BCUT2D eigenvalue weighted by Gasteiger charge is 2.24. The van der Waals surface area contributed by atoms with Gasteiger partial charge in [0.2, 0.25) is 11.8 Å². The maximum Gasteiger partial charge on any atom is 0.241 e. The molecule has 6 nitrogen and oxygen atoms in total. The zero-order valence-corrected chi connectivity index (χ0v) is 17.7. The molecule has 0 atom stereocenters. The molecular formula is C22H15Cl2FN4O2. The van der Waals surface area contributed by atoms with Gasteiger partial charge >= 0.3 is 0 Å². The molecule has 0 bridgehead atoms. The van der Waals surface area contributed by atoms with E-state index in [1.807, 2.05) is 6.92 Å². The molecule has 1 N–H and O–H groups in total. The normalized spacial score (nSPS) is 10.8. The molecule has 0 fully saturated rings. The zero-order chi connectivity index (χ0) is 22.0. The lowest BCUT2D eigenvalue weighted by atomic mass is 10.0. The number of carbonyl (C=O) groups is 1. The Labute approximate surface area is 187 Å². The summed E-state index contributed by atoms with van der Waals surface area (Å²) in [7, 11) is 0. The molecule has 4 aromatic rings. The topological polar surface area (TPSA) is 80.9 Å². The second kappa shape index (κ2) is 8.83. The predicted molar refractivity (Wildman–Crippen MR) is 116 cm³/mol. The van der Waals surface area contributed by atoms with E-state index in [-0.39, 0.29) is 23.6 Å². The van der Waals surface area contributed by atoms with Gasteiger partial charge in [-0.3, -0.25) is 10.1 Å². The van der Waals surface area contributed by atoms with Crippen molar-refractivity contribution >= 4 is 35.0 Å². The fraction of sp³-hybridized carbons (Fsp3) is 0.0909. The summed E-state index contributed by atoms with van der Waals surface area (Å²) in [6, 6.07) is 11.3. The van der Waals surface area contributed by atoms with E-state index in [2.05, 4.69) is 20.4 Å². The highest BCUT2D eigenvalue weighted by Crippen LogP contribution is 2.38. The highest BCUT2D eigenvalue weighted by atomic mass is 35.5. The van der Waals surface area contributed by atoms with E-state index in [9.17, 15) is 9.18 Å². The molecule has 9 heteroatoms. The fourth-order valence-corrected chi connectivity index (χ4v) is 3.62. The Morgan fingerprint density at radius 2 is 1.94 bits per heavy atom. The van der Waals surface area contributed by atoms with Gasteiger partial charge in [-0.05, 0) is 42.8 Å². The van der Waals surface area contributed by atoms with Crippen molar-refractivity contribution in [2.24, 2.45) is 0 Å². The molecule has 0 aliphatic carbocycles. The van der Waals surface area contributed by atoms with E-state index in [4.69, 9.17) is 27.7 Å². The Bertz CT molecular complexity index is 1240. The smallest absolute Gasteiger partial charge is 0.241 e. The summed E-state index contributed by atoms with van der Waals surface area (Å²) in [5.41, 5.74) is 2.52. The molecule has 0 spiro atoms. The number of hydrogen-bond donors (Lipinski definition) is 1. The first-order chi connectivity index (χ1) is 14.9. The van der Waals surface area contributed by atoms with Crippen molar-refractivity contribution in [2.75, 3.05) is 5.32 Å². The van der Waals surface area contributed by atoms with Crippen molar-refractivity contribution < 1.29 is 13.7 Å². The van der Waals surface area contributed by atoms with Gasteiger partial charge in [-0.15, -0.1) is 0 Å². The quantitative estimate of drug-likeness (QED) is 0.414. The Morgan fingerprint density at radius 3 is 2.65 bits per heavy atom. The van der Waals surface area contributed by atoms with E-state index >= 15 is 0 Å². The second-order valence-corrected chi connectivity index (χ2v) is 7.55. The molecule has 31 heavy (non-hydrogen) atoms. The molecule has 2 aromatic heterocycles. The zero-order valence-electron chi connectivity index (χ0n) is 16.2. The number of halogens is 3. The molecule has 2 heterocycles. The third-order valence-corrected chi connectivity index (χ3v) is 5.27. The van der Waals surface area contributed by atoms with Crippen LogP contribution in [0.4, 0.5) is 10.3 Å². The molecule has 0 radical (unpaired) electrons. The number of amides is 1. The minimum absolute atomic E-state index is 0.0304. The van der Waals surface area contributed by atoms with E-state index in [1.165, 1.54) is 18.6 Å². The van der Waals surface area contributed by atoms with Gasteiger partial charge in [0.05, 0.1) is 17.7 Å². The summed E-state index contributed by atoms with van der Waals surface area (Å²) in [6.45, 7) is 1.84. The van der Waals surface area contributed by atoms with E-state index in [0.29, 0.717) is 26.9 Å².